The monoisotopic (exact) mass is 202 g/mol. The Morgan fingerprint density at radius 3 is 2.53 bits per heavy atom. The minimum atomic E-state index is -0.158. The van der Waals surface area contributed by atoms with Crippen molar-refractivity contribution in [3.63, 3.8) is 0 Å². The molecule has 1 N–H and O–H groups in total. The molecule has 1 aromatic heterocycles. The van der Waals surface area contributed by atoms with Gasteiger partial charge >= 0.3 is 0 Å². The van der Waals surface area contributed by atoms with E-state index in [1.54, 1.807) is 6.07 Å². The number of hydrogen-bond donors (Lipinski definition) is 1. The molecule has 0 amide bonds. The number of H-pyrrole nitrogens is 1. The fraction of sp³-hybridized carbons (Fsp3) is 0.333. The zero-order valence-corrected chi connectivity index (χ0v) is 9.16. The van der Waals surface area contributed by atoms with Gasteiger partial charge in [0.2, 0.25) is 0 Å². The Morgan fingerprint density at radius 1 is 1.20 bits per heavy atom. The first-order valence-electron chi connectivity index (χ1n) is 4.98. The first kappa shape index (κ1) is 9.90. The van der Waals surface area contributed by atoms with Crippen LogP contribution in [0, 0.1) is 0 Å². The van der Waals surface area contributed by atoms with E-state index >= 15 is 0 Å². The van der Waals surface area contributed by atoms with Crippen LogP contribution in [-0.4, -0.2) is 9.97 Å². The summed E-state index contributed by atoms with van der Waals surface area (Å²) in [6.45, 7) is 6.08. The predicted molar refractivity (Wildman–Crippen MR) is 61.1 cm³/mol. The van der Waals surface area contributed by atoms with E-state index in [9.17, 15) is 4.79 Å². The second-order valence-corrected chi connectivity index (χ2v) is 4.69. The summed E-state index contributed by atoms with van der Waals surface area (Å²) in [6, 6.07) is 7.43. The number of benzene rings is 1. The van der Waals surface area contributed by atoms with Crippen LogP contribution < -0.4 is 5.56 Å². The van der Waals surface area contributed by atoms with Crippen molar-refractivity contribution in [1.82, 2.24) is 9.97 Å². The molecule has 2 rings (SSSR count). The number of nitrogens with one attached hydrogen (secondary N) is 1. The van der Waals surface area contributed by atoms with E-state index in [1.807, 2.05) is 39.0 Å². The largest absolute Gasteiger partial charge is 0.343 e. The lowest BCUT2D eigenvalue weighted by Gasteiger charge is -2.17. The lowest BCUT2D eigenvalue weighted by molar-refractivity contribution is 0.546. The first-order chi connectivity index (χ1) is 6.98. The SMILES string of the molecule is CC(C)(C)c1nc(=O)c2ccccc2[nH]1. The number of rotatable bonds is 0. The van der Waals surface area contributed by atoms with Crippen molar-refractivity contribution < 1.29 is 0 Å². The minimum absolute atomic E-state index is 0.136. The van der Waals surface area contributed by atoms with E-state index in [4.69, 9.17) is 0 Å². The van der Waals surface area contributed by atoms with Crippen LogP contribution in [0.2, 0.25) is 0 Å². The maximum atomic E-state index is 11.7. The lowest BCUT2D eigenvalue weighted by atomic mass is 9.95. The molecule has 15 heavy (non-hydrogen) atoms. The Labute approximate surface area is 88.2 Å². The van der Waals surface area contributed by atoms with Crippen molar-refractivity contribution in [3.8, 4) is 0 Å². The van der Waals surface area contributed by atoms with Crippen molar-refractivity contribution >= 4 is 10.9 Å². The number of hydrogen-bond acceptors (Lipinski definition) is 2. The van der Waals surface area contributed by atoms with Crippen molar-refractivity contribution in [2.75, 3.05) is 0 Å². The van der Waals surface area contributed by atoms with Gasteiger partial charge in [-0.1, -0.05) is 32.9 Å². The molecule has 0 saturated heterocycles. The molecular weight excluding hydrogens is 188 g/mol. The molecule has 3 heteroatoms. The van der Waals surface area contributed by atoms with E-state index in [0.29, 0.717) is 5.39 Å². The Hall–Kier alpha value is -1.64. The molecule has 1 heterocycles. The van der Waals surface area contributed by atoms with E-state index in [1.165, 1.54) is 0 Å². The summed E-state index contributed by atoms with van der Waals surface area (Å²) in [5, 5.41) is 0.644. The van der Waals surface area contributed by atoms with E-state index in [-0.39, 0.29) is 11.0 Å². The molecule has 0 saturated carbocycles. The average molecular weight is 202 g/mol. The van der Waals surface area contributed by atoms with Gasteiger partial charge in [0.05, 0.1) is 10.9 Å². The molecule has 0 unspecified atom stereocenters. The van der Waals surface area contributed by atoms with Crippen LogP contribution in [0.4, 0.5) is 0 Å². The summed E-state index contributed by atoms with van der Waals surface area (Å²) < 4.78 is 0. The van der Waals surface area contributed by atoms with Crippen LogP contribution in [0.1, 0.15) is 26.6 Å². The molecule has 0 aliphatic heterocycles. The fourth-order valence-electron chi connectivity index (χ4n) is 1.45. The summed E-state index contributed by atoms with van der Waals surface area (Å²) in [5.74, 6) is 0.728. The third-order valence-electron chi connectivity index (χ3n) is 2.33. The van der Waals surface area contributed by atoms with Crippen molar-refractivity contribution in [2.24, 2.45) is 0 Å². The van der Waals surface area contributed by atoms with Gasteiger partial charge in [-0.2, -0.15) is 4.98 Å². The van der Waals surface area contributed by atoms with Crippen molar-refractivity contribution in [3.05, 3.63) is 40.4 Å². The molecule has 0 radical (unpaired) electrons. The molecular formula is C12H14N2O. The van der Waals surface area contributed by atoms with Gasteiger partial charge in [-0.15, -0.1) is 0 Å². The third-order valence-corrected chi connectivity index (χ3v) is 2.33. The van der Waals surface area contributed by atoms with Crippen LogP contribution >= 0.6 is 0 Å². The molecule has 78 valence electrons. The molecule has 0 fully saturated rings. The number of aromatic amines is 1. The highest BCUT2D eigenvalue weighted by molar-refractivity contribution is 5.77. The maximum Gasteiger partial charge on any atom is 0.280 e. The molecule has 3 nitrogen and oxygen atoms in total. The summed E-state index contributed by atoms with van der Waals surface area (Å²) in [7, 11) is 0. The molecule has 0 aliphatic carbocycles. The van der Waals surface area contributed by atoms with Gasteiger partial charge in [0, 0.05) is 5.41 Å². The lowest BCUT2D eigenvalue weighted by Crippen LogP contribution is -2.21. The zero-order valence-electron chi connectivity index (χ0n) is 9.16. The molecule has 0 bridgehead atoms. The van der Waals surface area contributed by atoms with Gasteiger partial charge in [-0.3, -0.25) is 4.79 Å². The average Bonchev–Trinajstić information content (AvgIpc) is 2.16. The molecule has 2 aromatic rings. The third kappa shape index (κ3) is 1.77. The first-order valence-corrected chi connectivity index (χ1v) is 4.98. The fourth-order valence-corrected chi connectivity index (χ4v) is 1.45. The molecule has 0 spiro atoms. The number of aromatic nitrogens is 2. The van der Waals surface area contributed by atoms with Crippen molar-refractivity contribution in [1.29, 1.82) is 0 Å². The standard InChI is InChI=1S/C12H14N2O/c1-12(2,3)11-13-9-7-5-4-6-8(9)10(15)14-11/h4-7H,1-3H3,(H,13,14,15). The quantitative estimate of drug-likeness (QED) is 0.712. The summed E-state index contributed by atoms with van der Waals surface area (Å²) in [6.07, 6.45) is 0. The van der Waals surface area contributed by atoms with E-state index in [2.05, 4.69) is 9.97 Å². The normalized spacial score (nSPS) is 11.9. The van der Waals surface area contributed by atoms with Crippen LogP contribution in [0.3, 0.4) is 0 Å². The van der Waals surface area contributed by atoms with Crippen LogP contribution in [0.15, 0.2) is 29.1 Å². The van der Waals surface area contributed by atoms with E-state index < -0.39 is 0 Å². The molecule has 0 atom stereocenters. The summed E-state index contributed by atoms with van der Waals surface area (Å²) in [5.41, 5.74) is 0.556. The zero-order chi connectivity index (χ0) is 11.1. The second-order valence-electron chi connectivity index (χ2n) is 4.69. The van der Waals surface area contributed by atoms with Gasteiger partial charge in [0.1, 0.15) is 5.82 Å². The highest BCUT2D eigenvalue weighted by Crippen LogP contribution is 2.18. The highest BCUT2D eigenvalue weighted by Gasteiger charge is 2.17. The number of nitrogens with zero attached hydrogens (tertiary/aromatic N) is 1. The summed E-state index contributed by atoms with van der Waals surface area (Å²) in [4.78, 5) is 19.0. The van der Waals surface area contributed by atoms with Gasteiger partial charge in [-0.05, 0) is 12.1 Å². The second kappa shape index (κ2) is 3.19. The Kier molecular flexibility index (Phi) is 2.11. The van der Waals surface area contributed by atoms with Gasteiger partial charge in [-0.25, -0.2) is 0 Å². The van der Waals surface area contributed by atoms with Crippen LogP contribution in [-0.2, 0) is 5.41 Å². The predicted octanol–water partition coefficient (Wildman–Crippen LogP) is 2.22. The van der Waals surface area contributed by atoms with Gasteiger partial charge in [0.15, 0.2) is 0 Å². The van der Waals surface area contributed by atoms with Crippen LogP contribution in [0.25, 0.3) is 10.9 Å². The van der Waals surface area contributed by atoms with Crippen molar-refractivity contribution in [2.45, 2.75) is 26.2 Å². The van der Waals surface area contributed by atoms with Gasteiger partial charge < -0.3 is 4.98 Å². The topological polar surface area (TPSA) is 45.8 Å². The Bertz CT molecular complexity index is 549. The Morgan fingerprint density at radius 2 is 1.87 bits per heavy atom. The molecule has 1 aromatic carbocycles. The molecule has 0 aliphatic rings. The van der Waals surface area contributed by atoms with Gasteiger partial charge in [0.25, 0.3) is 5.56 Å². The summed E-state index contributed by atoms with van der Waals surface area (Å²) >= 11 is 0. The smallest absolute Gasteiger partial charge is 0.280 e. The number of fused-ring (bicyclic) bond motifs is 1. The Balaban J connectivity index is 2.79. The van der Waals surface area contributed by atoms with Crippen LogP contribution in [0.5, 0.6) is 0 Å². The van der Waals surface area contributed by atoms with E-state index in [0.717, 1.165) is 11.3 Å². The minimum Gasteiger partial charge on any atom is -0.343 e. The maximum absolute atomic E-state index is 11.7. The highest BCUT2D eigenvalue weighted by atomic mass is 16.1. The number of para-hydroxylation sites is 1.